The molecule has 0 spiro atoms. The Morgan fingerprint density at radius 3 is 2.16 bits per heavy atom. The summed E-state index contributed by atoms with van der Waals surface area (Å²) in [5.41, 5.74) is 5.73. The minimum absolute atomic E-state index is 0.199. The van der Waals surface area contributed by atoms with Crippen molar-refractivity contribution >= 4 is 11.9 Å². The van der Waals surface area contributed by atoms with E-state index in [1.54, 1.807) is 0 Å². The Kier molecular flexibility index (Phi) is 7.00. The van der Waals surface area contributed by atoms with Gasteiger partial charge in [-0.1, -0.05) is 13.8 Å². The van der Waals surface area contributed by atoms with Crippen LogP contribution < -0.4 is 5.73 Å². The maximum atomic E-state index is 11.8. The number of hydrogen-bond donors (Lipinski definition) is 2. The minimum Gasteiger partial charge on any atom is -0.481 e. The van der Waals surface area contributed by atoms with Crippen LogP contribution in [0.2, 0.25) is 0 Å². The third-order valence-corrected chi connectivity index (χ3v) is 2.46. The molecule has 0 saturated heterocycles. The molecule has 0 bridgehead atoms. The van der Waals surface area contributed by atoms with Gasteiger partial charge >= 0.3 is 11.9 Å². The number of carboxylic acids is 1. The van der Waals surface area contributed by atoms with Crippen LogP contribution in [0.5, 0.6) is 0 Å². The van der Waals surface area contributed by atoms with Crippen LogP contribution in [0.1, 0.15) is 26.7 Å². The van der Waals surface area contributed by atoms with Crippen molar-refractivity contribution in [2.75, 3.05) is 27.7 Å². The highest BCUT2D eigenvalue weighted by Crippen LogP contribution is 2.09. The molecule has 0 amide bonds. The average Bonchev–Trinajstić information content (AvgIpc) is 2.11. The second-order valence-electron chi connectivity index (χ2n) is 6.37. The lowest BCUT2D eigenvalue weighted by Crippen LogP contribution is -2.45. The zero-order chi connectivity index (χ0) is 15.2. The van der Waals surface area contributed by atoms with E-state index in [1.807, 2.05) is 35.0 Å². The van der Waals surface area contributed by atoms with Crippen LogP contribution in [0.4, 0.5) is 0 Å². The van der Waals surface area contributed by atoms with Crippen molar-refractivity contribution in [2.45, 2.75) is 38.8 Å². The largest absolute Gasteiger partial charge is 0.481 e. The molecule has 0 fully saturated rings. The average molecular weight is 275 g/mol. The molecule has 3 N–H and O–H groups in total. The van der Waals surface area contributed by atoms with E-state index >= 15 is 0 Å². The summed E-state index contributed by atoms with van der Waals surface area (Å²) in [5, 5.41) is 8.85. The van der Waals surface area contributed by atoms with Crippen molar-refractivity contribution in [1.82, 2.24) is 0 Å². The van der Waals surface area contributed by atoms with Gasteiger partial charge in [0.2, 0.25) is 0 Å². The number of likely N-dealkylation sites (N-methyl/N-ethyl adjacent to an activating group) is 1. The van der Waals surface area contributed by atoms with Crippen molar-refractivity contribution in [3.05, 3.63) is 0 Å². The number of hydrogen-bond acceptors (Lipinski definition) is 4. The van der Waals surface area contributed by atoms with Gasteiger partial charge in [-0.3, -0.25) is 9.59 Å². The van der Waals surface area contributed by atoms with Crippen molar-refractivity contribution < 1.29 is 23.9 Å². The molecule has 0 aliphatic heterocycles. The van der Waals surface area contributed by atoms with E-state index in [-0.39, 0.29) is 6.42 Å². The number of quaternary nitrogens is 1. The van der Waals surface area contributed by atoms with Gasteiger partial charge < -0.3 is 20.1 Å². The highest BCUT2D eigenvalue weighted by Gasteiger charge is 2.27. The van der Waals surface area contributed by atoms with E-state index in [4.69, 9.17) is 15.6 Å². The summed E-state index contributed by atoms with van der Waals surface area (Å²) in [5.74, 6) is -1.21. The lowest BCUT2D eigenvalue weighted by Gasteiger charge is -2.29. The molecule has 6 heteroatoms. The van der Waals surface area contributed by atoms with Gasteiger partial charge in [0.05, 0.1) is 27.6 Å². The first-order chi connectivity index (χ1) is 8.51. The van der Waals surface area contributed by atoms with Gasteiger partial charge in [0.1, 0.15) is 12.6 Å². The number of aliphatic carboxylic acids is 1. The fourth-order valence-electron chi connectivity index (χ4n) is 1.80. The number of rotatable bonds is 8. The summed E-state index contributed by atoms with van der Waals surface area (Å²) in [6.45, 7) is 4.37. The Labute approximate surface area is 115 Å². The van der Waals surface area contributed by atoms with Crippen molar-refractivity contribution in [2.24, 2.45) is 11.7 Å². The predicted molar refractivity (Wildman–Crippen MR) is 72.5 cm³/mol. The van der Waals surface area contributed by atoms with Crippen LogP contribution in [0.15, 0.2) is 0 Å². The molecule has 2 atom stereocenters. The highest BCUT2D eigenvalue weighted by atomic mass is 16.5. The minimum atomic E-state index is -0.983. The van der Waals surface area contributed by atoms with E-state index in [0.717, 1.165) is 0 Å². The summed E-state index contributed by atoms with van der Waals surface area (Å²) in [4.78, 5) is 22.6. The van der Waals surface area contributed by atoms with Crippen LogP contribution in [0.3, 0.4) is 0 Å². The highest BCUT2D eigenvalue weighted by molar-refractivity contribution is 5.76. The molecule has 0 aromatic heterocycles. The summed E-state index contributed by atoms with van der Waals surface area (Å²) in [6, 6.07) is -0.691. The Bertz CT molecular complexity index is 310. The standard InChI is InChI=1S/C13H26N2O4/c1-9(2)6-11(14)13(18)19-10(7-12(16)17)8-15(3,4)5/h9-11H,6-8,14H2,1-5H3/p+1/t10?,11-/m0/s1. The fourth-order valence-corrected chi connectivity index (χ4v) is 1.80. The molecule has 0 radical (unpaired) electrons. The molecule has 0 rings (SSSR count). The molecular formula is C13H27N2O4+. The molecule has 112 valence electrons. The van der Waals surface area contributed by atoms with E-state index in [0.29, 0.717) is 23.4 Å². The number of ether oxygens (including phenoxy) is 1. The Hall–Kier alpha value is -1.14. The maximum absolute atomic E-state index is 11.8. The van der Waals surface area contributed by atoms with Crippen LogP contribution in [-0.2, 0) is 14.3 Å². The van der Waals surface area contributed by atoms with Crippen LogP contribution in [0.25, 0.3) is 0 Å². The number of nitrogens with two attached hydrogens (primary N) is 1. The molecular weight excluding hydrogens is 248 g/mol. The molecule has 0 heterocycles. The fraction of sp³-hybridized carbons (Fsp3) is 0.846. The molecule has 0 saturated carbocycles. The van der Waals surface area contributed by atoms with E-state index in [2.05, 4.69) is 0 Å². The van der Waals surface area contributed by atoms with E-state index < -0.39 is 24.1 Å². The Morgan fingerprint density at radius 2 is 1.79 bits per heavy atom. The second kappa shape index (κ2) is 7.45. The molecule has 0 aliphatic carbocycles. The number of nitrogens with zero attached hydrogens (tertiary/aromatic N) is 1. The lowest BCUT2D eigenvalue weighted by molar-refractivity contribution is -0.873. The van der Waals surface area contributed by atoms with Gasteiger partial charge in [-0.05, 0) is 12.3 Å². The third-order valence-electron chi connectivity index (χ3n) is 2.46. The van der Waals surface area contributed by atoms with E-state index in [9.17, 15) is 9.59 Å². The summed E-state index contributed by atoms with van der Waals surface area (Å²) in [6.07, 6.45) is -0.318. The quantitative estimate of drug-likeness (QED) is 0.496. The van der Waals surface area contributed by atoms with Gasteiger partial charge in [0.15, 0.2) is 6.10 Å². The first-order valence-electron chi connectivity index (χ1n) is 6.49. The zero-order valence-corrected chi connectivity index (χ0v) is 12.5. The molecule has 0 aliphatic rings. The predicted octanol–water partition coefficient (Wildman–Crippen LogP) is 0.453. The zero-order valence-electron chi connectivity index (χ0n) is 12.5. The molecule has 6 nitrogen and oxygen atoms in total. The first kappa shape index (κ1) is 17.9. The second-order valence-corrected chi connectivity index (χ2v) is 6.37. The van der Waals surface area contributed by atoms with Crippen molar-refractivity contribution in [3.63, 3.8) is 0 Å². The third kappa shape index (κ3) is 9.44. The molecule has 0 aromatic carbocycles. The number of carbonyl (C=O) groups excluding carboxylic acids is 1. The normalized spacial score (nSPS) is 15.1. The lowest BCUT2D eigenvalue weighted by atomic mass is 10.0. The van der Waals surface area contributed by atoms with Gasteiger partial charge in [-0.2, -0.15) is 0 Å². The van der Waals surface area contributed by atoms with Crippen LogP contribution >= 0.6 is 0 Å². The first-order valence-corrected chi connectivity index (χ1v) is 6.49. The smallest absolute Gasteiger partial charge is 0.323 e. The number of esters is 1. The molecule has 1 unspecified atom stereocenters. The Balaban J connectivity index is 4.54. The molecule has 19 heavy (non-hydrogen) atoms. The van der Waals surface area contributed by atoms with Gasteiger partial charge in [-0.15, -0.1) is 0 Å². The number of carbonyl (C=O) groups is 2. The van der Waals surface area contributed by atoms with Gasteiger partial charge in [0, 0.05) is 0 Å². The maximum Gasteiger partial charge on any atom is 0.323 e. The molecule has 0 aromatic rings. The van der Waals surface area contributed by atoms with Gasteiger partial charge in [0.25, 0.3) is 0 Å². The number of carboxylic acid groups (broad SMARTS) is 1. The monoisotopic (exact) mass is 275 g/mol. The topological polar surface area (TPSA) is 89.6 Å². The van der Waals surface area contributed by atoms with E-state index in [1.165, 1.54) is 0 Å². The summed E-state index contributed by atoms with van der Waals surface area (Å²) < 4.78 is 5.76. The van der Waals surface area contributed by atoms with Crippen molar-refractivity contribution in [1.29, 1.82) is 0 Å². The SMILES string of the molecule is CC(C)C[C@H](N)C(=O)OC(CC(=O)O)C[N+](C)(C)C. The Morgan fingerprint density at radius 1 is 1.26 bits per heavy atom. The van der Waals surface area contributed by atoms with Gasteiger partial charge in [-0.25, -0.2) is 0 Å². The van der Waals surface area contributed by atoms with Crippen LogP contribution in [-0.4, -0.2) is 61.4 Å². The summed E-state index contributed by atoms with van der Waals surface area (Å²) >= 11 is 0. The van der Waals surface area contributed by atoms with Crippen LogP contribution in [0, 0.1) is 5.92 Å². The summed E-state index contributed by atoms with van der Waals surface area (Å²) in [7, 11) is 5.74. The van der Waals surface area contributed by atoms with Crippen molar-refractivity contribution in [3.8, 4) is 0 Å².